The van der Waals surface area contributed by atoms with E-state index in [9.17, 15) is 26.4 Å². The van der Waals surface area contributed by atoms with Crippen LogP contribution in [0.4, 0.5) is 33.6 Å². The third-order valence-electron chi connectivity index (χ3n) is 7.29. The highest BCUT2D eigenvalue weighted by molar-refractivity contribution is 7.93. The first-order chi connectivity index (χ1) is 22.3. The number of fused-ring (bicyclic) bond motifs is 2. The molecule has 0 spiro atoms. The van der Waals surface area contributed by atoms with Crippen molar-refractivity contribution in [1.29, 1.82) is 0 Å². The van der Waals surface area contributed by atoms with E-state index in [0.717, 1.165) is 17.6 Å². The highest BCUT2D eigenvalue weighted by Gasteiger charge is 2.23. The molecule has 47 heavy (non-hydrogen) atoms. The van der Waals surface area contributed by atoms with E-state index in [1.807, 2.05) is 0 Å². The summed E-state index contributed by atoms with van der Waals surface area (Å²) in [5.74, 6) is -0.873. The molecule has 0 radical (unpaired) electrons. The first-order valence-corrected chi connectivity index (χ1v) is 18.1. The Morgan fingerprint density at radius 2 is 1.57 bits per heavy atom. The Labute approximate surface area is 274 Å². The van der Waals surface area contributed by atoms with E-state index in [-0.39, 0.29) is 15.6 Å². The minimum atomic E-state index is -3.90. The van der Waals surface area contributed by atoms with Gasteiger partial charge in [-0.15, -0.1) is 10.2 Å². The topological polar surface area (TPSA) is 180 Å². The van der Waals surface area contributed by atoms with Crippen molar-refractivity contribution in [2.75, 3.05) is 38.3 Å². The van der Waals surface area contributed by atoms with Gasteiger partial charge >= 0.3 is 0 Å². The molecule has 0 aliphatic carbocycles. The molecule has 2 heterocycles. The third kappa shape index (κ3) is 6.65. The molecule has 1 aromatic heterocycles. The predicted molar refractivity (Wildman–Crippen MR) is 183 cm³/mol. The minimum absolute atomic E-state index is 0.0178. The van der Waals surface area contributed by atoms with Gasteiger partial charge in [-0.25, -0.2) is 16.8 Å². The van der Waals surface area contributed by atoms with E-state index in [0.29, 0.717) is 50.1 Å². The fourth-order valence-electron chi connectivity index (χ4n) is 4.85. The second kappa shape index (κ2) is 12.1. The summed E-state index contributed by atoms with van der Waals surface area (Å²) in [4.78, 5) is 26.3. The van der Waals surface area contributed by atoms with Gasteiger partial charge in [0.15, 0.2) is 0 Å². The molecular formula is C31H27N7O6S3. The molecule has 1 aliphatic heterocycles. The van der Waals surface area contributed by atoms with Crippen LogP contribution in [0.2, 0.25) is 0 Å². The third-order valence-corrected chi connectivity index (χ3v) is 10.7. The van der Waals surface area contributed by atoms with Crippen molar-refractivity contribution in [2.45, 2.75) is 11.8 Å². The van der Waals surface area contributed by atoms with E-state index >= 15 is 0 Å². The van der Waals surface area contributed by atoms with Crippen molar-refractivity contribution in [3.8, 4) is 11.1 Å². The van der Waals surface area contributed by atoms with Crippen LogP contribution >= 0.6 is 11.3 Å². The summed E-state index contributed by atoms with van der Waals surface area (Å²) in [5.41, 5.74) is 4.22. The fraction of sp³-hybridized carbons (Fsp3) is 0.0968. The van der Waals surface area contributed by atoms with Crippen molar-refractivity contribution in [3.05, 3.63) is 101 Å². The Bertz CT molecular complexity index is 2270. The Kier molecular flexibility index (Phi) is 8.17. The second-order valence-electron chi connectivity index (χ2n) is 10.6. The van der Waals surface area contributed by atoms with Gasteiger partial charge in [-0.05, 0) is 73.2 Å². The monoisotopic (exact) mass is 689 g/mol. The smallest absolute Gasteiger partial charge is 0.263 e. The van der Waals surface area contributed by atoms with Gasteiger partial charge in [0.1, 0.15) is 5.01 Å². The first-order valence-electron chi connectivity index (χ1n) is 13.9. The molecule has 6 rings (SSSR count). The van der Waals surface area contributed by atoms with Crippen LogP contribution in [0.5, 0.6) is 0 Å². The number of hydrogen-bond acceptors (Lipinski definition) is 10. The van der Waals surface area contributed by atoms with Gasteiger partial charge in [0.25, 0.3) is 21.8 Å². The molecule has 1 aliphatic rings. The molecule has 13 nitrogen and oxygen atoms in total. The minimum Gasteiger partial charge on any atom is -0.353 e. The van der Waals surface area contributed by atoms with Crippen molar-refractivity contribution in [3.63, 3.8) is 0 Å². The maximum Gasteiger partial charge on any atom is 0.263 e. The number of benzene rings is 4. The Balaban J connectivity index is 1.21. The van der Waals surface area contributed by atoms with E-state index in [4.69, 9.17) is 0 Å². The number of anilines is 6. The number of carbonyl (C=O) groups is 2. The maximum absolute atomic E-state index is 13.2. The number of carbonyl (C=O) groups excluding carboxylic acids is 2. The molecule has 0 bridgehead atoms. The van der Waals surface area contributed by atoms with Gasteiger partial charge in [0.2, 0.25) is 15.2 Å². The zero-order chi connectivity index (χ0) is 33.5. The summed E-state index contributed by atoms with van der Waals surface area (Å²) >= 11 is 1.11. The molecule has 16 heteroatoms. The molecule has 0 atom stereocenters. The van der Waals surface area contributed by atoms with Gasteiger partial charge in [0, 0.05) is 23.9 Å². The van der Waals surface area contributed by atoms with Gasteiger partial charge in [-0.3, -0.25) is 18.6 Å². The lowest BCUT2D eigenvalue weighted by Crippen LogP contribution is -2.25. The number of sulfonamides is 2. The van der Waals surface area contributed by atoms with Crippen molar-refractivity contribution >= 4 is 76.8 Å². The standard InChI is InChI=1S/C31H27N7O6S3/c1-18-35-36-31(45-18)37-47(43,44)22-12-10-21(11-13-22)32-29(39)20-9-15-25-27(17-20)34-30(40)24-14-8-19(16-26(24)33-25)23-6-4-5-7-28(23)38(2)46(3,41)42/h4-17,33H,1-3H3,(H,32,39)(H,34,40)(H,36,37). The average molecular weight is 690 g/mol. The number of rotatable bonds is 8. The van der Waals surface area contributed by atoms with Gasteiger partial charge in [-0.2, -0.15) is 0 Å². The molecule has 0 unspecified atom stereocenters. The molecular weight excluding hydrogens is 663 g/mol. The Hall–Kier alpha value is -5.32. The maximum atomic E-state index is 13.2. The molecule has 4 N–H and O–H groups in total. The van der Waals surface area contributed by atoms with Crippen molar-refractivity contribution in [1.82, 2.24) is 10.2 Å². The summed E-state index contributed by atoms with van der Waals surface area (Å²) in [6, 6.07) is 22.7. The number of hydrogen-bond donors (Lipinski definition) is 4. The zero-order valence-corrected chi connectivity index (χ0v) is 27.5. The number of para-hydroxylation sites is 1. The van der Waals surface area contributed by atoms with Crippen LogP contribution in [0.1, 0.15) is 25.7 Å². The first kappa shape index (κ1) is 31.7. The van der Waals surface area contributed by atoms with E-state index in [2.05, 4.69) is 30.9 Å². The molecule has 2 amide bonds. The highest BCUT2D eigenvalue weighted by Crippen LogP contribution is 2.38. The van der Waals surface area contributed by atoms with Crippen molar-refractivity contribution < 1.29 is 26.4 Å². The van der Waals surface area contributed by atoms with Crippen LogP contribution in [0.3, 0.4) is 0 Å². The Morgan fingerprint density at radius 3 is 2.28 bits per heavy atom. The molecule has 4 aromatic carbocycles. The van der Waals surface area contributed by atoms with Crippen molar-refractivity contribution in [2.24, 2.45) is 0 Å². The summed E-state index contributed by atoms with van der Waals surface area (Å²) < 4.78 is 53.5. The van der Waals surface area contributed by atoms with Crippen LogP contribution in [0.15, 0.2) is 89.8 Å². The number of aromatic nitrogens is 2. The van der Waals surface area contributed by atoms with Crippen LogP contribution in [-0.4, -0.2) is 52.2 Å². The normalized spacial score (nSPS) is 12.5. The van der Waals surface area contributed by atoms with Crippen LogP contribution in [0, 0.1) is 6.92 Å². The highest BCUT2D eigenvalue weighted by atomic mass is 32.2. The van der Waals surface area contributed by atoms with Crippen LogP contribution < -0.4 is 25.0 Å². The summed E-state index contributed by atoms with van der Waals surface area (Å²) in [6.07, 6.45) is 1.13. The van der Waals surface area contributed by atoms with Crippen LogP contribution in [-0.2, 0) is 20.0 Å². The summed E-state index contributed by atoms with van der Waals surface area (Å²) in [5, 5.41) is 17.2. The lowest BCUT2D eigenvalue weighted by Gasteiger charge is -2.21. The SMILES string of the molecule is Cc1nnc(NS(=O)(=O)c2ccc(NC(=O)c3ccc4c(c3)NC(=O)c3ccc(-c5ccccc5N(C)S(C)(=O)=O)cc3N4)cc2)s1. The van der Waals surface area contributed by atoms with Gasteiger partial charge in [-0.1, -0.05) is 35.6 Å². The lowest BCUT2D eigenvalue weighted by atomic mass is 10.0. The summed E-state index contributed by atoms with van der Waals surface area (Å²) in [6.45, 7) is 1.71. The molecule has 0 fully saturated rings. The van der Waals surface area contributed by atoms with E-state index < -0.39 is 31.9 Å². The van der Waals surface area contributed by atoms with E-state index in [1.54, 1.807) is 61.5 Å². The molecule has 0 saturated heterocycles. The number of nitrogens with one attached hydrogen (secondary N) is 4. The van der Waals surface area contributed by atoms with E-state index in [1.165, 1.54) is 41.7 Å². The number of amides is 2. The average Bonchev–Trinajstić information content (AvgIpc) is 3.37. The van der Waals surface area contributed by atoms with Gasteiger partial charge in [0.05, 0.1) is 39.5 Å². The quantitative estimate of drug-likeness (QED) is 0.169. The molecule has 0 saturated carbocycles. The Morgan fingerprint density at radius 1 is 0.830 bits per heavy atom. The van der Waals surface area contributed by atoms with Gasteiger partial charge < -0.3 is 16.0 Å². The predicted octanol–water partition coefficient (Wildman–Crippen LogP) is 5.27. The molecule has 240 valence electrons. The number of nitrogens with zero attached hydrogens (tertiary/aromatic N) is 3. The number of aryl methyl sites for hydroxylation is 1. The summed E-state index contributed by atoms with van der Waals surface area (Å²) in [7, 11) is -5.93. The van der Waals surface area contributed by atoms with Crippen LogP contribution in [0.25, 0.3) is 11.1 Å². The fourth-order valence-corrected chi connectivity index (χ4v) is 7.19. The largest absolute Gasteiger partial charge is 0.353 e. The zero-order valence-electron chi connectivity index (χ0n) is 25.1. The second-order valence-corrected chi connectivity index (χ2v) is 15.4. The lowest BCUT2D eigenvalue weighted by molar-refractivity contribution is 0.101. The molecule has 5 aromatic rings.